The number of aromatic nitrogens is 2. The first kappa shape index (κ1) is 22.0. The number of anilines is 1. The zero-order valence-electron chi connectivity index (χ0n) is 18.3. The molecule has 2 aliphatic heterocycles. The van der Waals surface area contributed by atoms with Crippen LogP contribution in [0.25, 0.3) is 0 Å². The number of ether oxygens (including phenoxy) is 1. The molecular formula is C22H31N5O3S. The van der Waals surface area contributed by atoms with Crippen LogP contribution in [0.2, 0.25) is 0 Å². The van der Waals surface area contributed by atoms with Crippen molar-refractivity contribution in [3.05, 3.63) is 41.6 Å². The standard InChI is InChI=1S/C22H31N5O3S/c1-25(2)31(28,29)22-8-5-7-20(24-22)27-15-11-19-18(17-27)9-10-21(23-19)30-16-6-14-26-12-3-4-13-26/h5,7-10H,3-4,6,11-17H2,1-2H3. The van der Waals surface area contributed by atoms with Crippen molar-refractivity contribution in [1.82, 2.24) is 19.2 Å². The lowest BCUT2D eigenvalue weighted by Crippen LogP contribution is -2.32. The average molecular weight is 446 g/mol. The Kier molecular flexibility index (Phi) is 6.74. The molecule has 1 saturated heterocycles. The Hall–Kier alpha value is -2.23. The number of pyridine rings is 2. The summed E-state index contributed by atoms with van der Waals surface area (Å²) in [7, 11) is -0.532. The summed E-state index contributed by atoms with van der Waals surface area (Å²) in [5, 5.41) is 0.0663. The molecule has 4 heterocycles. The monoisotopic (exact) mass is 445 g/mol. The fourth-order valence-electron chi connectivity index (χ4n) is 4.05. The number of hydrogen-bond acceptors (Lipinski definition) is 7. The van der Waals surface area contributed by atoms with Crippen molar-refractivity contribution in [3.63, 3.8) is 0 Å². The molecule has 0 saturated carbocycles. The van der Waals surface area contributed by atoms with E-state index < -0.39 is 10.0 Å². The van der Waals surface area contributed by atoms with Gasteiger partial charge < -0.3 is 14.5 Å². The van der Waals surface area contributed by atoms with Crippen LogP contribution >= 0.6 is 0 Å². The second-order valence-corrected chi connectivity index (χ2v) is 10.4. The Labute approximate surface area is 184 Å². The van der Waals surface area contributed by atoms with Gasteiger partial charge in [-0.2, -0.15) is 0 Å². The molecule has 2 aromatic heterocycles. The predicted octanol–water partition coefficient (Wildman–Crippen LogP) is 2.15. The van der Waals surface area contributed by atoms with Gasteiger partial charge in [-0.3, -0.25) is 0 Å². The molecule has 8 nitrogen and oxygen atoms in total. The normalized spacial score (nSPS) is 17.2. The van der Waals surface area contributed by atoms with Gasteiger partial charge in [0.2, 0.25) is 5.88 Å². The van der Waals surface area contributed by atoms with Crippen LogP contribution in [0.1, 0.15) is 30.5 Å². The van der Waals surface area contributed by atoms with Gasteiger partial charge in [0.1, 0.15) is 5.82 Å². The number of likely N-dealkylation sites (tertiary alicyclic amines) is 1. The zero-order valence-corrected chi connectivity index (χ0v) is 19.1. The van der Waals surface area contributed by atoms with E-state index in [4.69, 9.17) is 9.72 Å². The van der Waals surface area contributed by atoms with Crippen LogP contribution in [0.15, 0.2) is 35.4 Å². The highest BCUT2D eigenvalue weighted by atomic mass is 32.2. The van der Waals surface area contributed by atoms with Crippen LogP contribution in [-0.2, 0) is 23.0 Å². The molecule has 2 aromatic rings. The molecule has 168 valence electrons. The van der Waals surface area contributed by atoms with Crippen molar-refractivity contribution in [2.45, 2.75) is 37.3 Å². The molecule has 0 spiro atoms. The first-order valence-electron chi connectivity index (χ1n) is 10.9. The second kappa shape index (κ2) is 9.50. The third-order valence-electron chi connectivity index (χ3n) is 5.87. The van der Waals surface area contributed by atoms with Gasteiger partial charge in [-0.05, 0) is 50.0 Å². The van der Waals surface area contributed by atoms with Crippen molar-refractivity contribution in [3.8, 4) is 5.88 Å². The van der Waals surface area contributed by atoms with Gasteiger partial charge in [0.15, 0.2) is 5.03 Å². The Morgan fingerprint density at radius 2 is 1.87 bits per heavy atom. The maximum atomic E-state index is 12.4. The predicted molar refractivity (Wildman–Crippen MR) is 120 cm³/mol. The molecular weight excluding hydrogens is 414 g/mol. The molecule has 1 fully saturated rings. The summed E-state index contributed by atoms with van der Waals surface area (Å²) in [4.78, 5) is 13.7. The molecule has 0 aromatic carbocycles. The number of sulfonamides is 1. The van der Waals surface area contributed by atoms with Crippen molar-refractivity contribution in [1.29, 1.82) is 0 Å². The summed E-state index contributed by atoms with van der Waals surface area (Å²) in [6.07, 6.45) is 4.42. The van der Waals surface area contributed by atoms with Crippen LogP contribution < -0.4 is 9.64 Å². The van der Waals surface area contributed by atoms with E-state index in [1.54, 1.807) is 6.07 Å². The summed E-state index contributed by atoms with van der Waals surface area (Å²) < 4.78 is 31.9. The molecule has 0 amide bonds. The molecule has 0 aliphatic carbocycles. The van der Waals surface area contributed by atoms with Crippen LogP contribution in [0.5, 0.6) is 5.88 Å². The summed E-state index contributed by atoms with van der Waals surface area (Å²) in [6.45, 7) is 5.59. The summed E-state index contributed by atoms with van der Waals surface area (Å²) in [5.41, 5.74) is 2.17. The van der Waals surface area contributed by atoms with Crippen molar-refractivity contribution < 1.29 is 13.2 Å². The highest BCUT2D eigenvalue weighted by Gasteiger charge is 2.23. The summed E-state index contributed by atoms with van der Waals surface area (Å²) in [6, 6.07) is 9.12. The fourth-order valence-corrected chi connectivity index (χ4v) is 4.89. The average Bonchev–Trinajstić information content (AvgIpc) is 3.30. The lowest BCUT2D eigenvalue weighted by molar-refractivity contribution is 0.256. The van der Waals surface area contributed by atoms with Crippen LogP contribution in [0.4, 0.5) is 5.82 Å². The Morgan fingerprint density at radius 3 is 2.65 bits per heavy atom. The zero-order chi connectivity index (χ0) is 21.8. The molecule has 2 aliphatic rings. The van der Waals surface area contributed by atoms with Gasteiger partial charge in [0, 0.05) is 46.2 Å². The molecule has 0 atom stereocenters. The highest BCUT2D eigenvalue weighted by molar-refractivity contribution is 7.89. The van der Waals surface area contributed by atoms with E-state index in [1.165, 1.54) is 50.4 Å². The van der Waals surface area contributed by atoms with Crippen molar-refractivity contribution in [2.75, 3.05) is 51.8 Å². The third-order valence-corrected chi connectivity index (χ3v) is 7.59. The van der Waals surface area contributed by atoms with Gasteiger partial charge in [-0.25, -0.2) is 22.7 Å². The molecule has 0 unspecified atom stereocenters. The SMILES string of the molecule is CN(C)S(=O)(=O)c1cccc(N2CCc3nc(OCCCN4CCCC4)ccc3C2)n1. The Morgan fingerprint density at radius 1 is 1.06 bits per heavy atom. The first-order chi connectivity index (χ1) is 14.9. The smallest absolute Gasteiger partial charge is 0.260 e. The Balaban J connectivity index is 1.37. The number of rotatable bonds is 8. The van der Waals surface area contributed by atoms with Gasteiger partial charge in [-0.1, -0.05) is 12.1 Å². The van der Waals surface area contributed by atoms with Crippen LogP contribution in [0.3, 0.4) is 0 Å². The maximum Gasteiger partial charge on any atom is 0.260 e. The van der Waals surface area contributed by atoms with Crippen molar-refractivity contribution in [2.24, 2.45) is 0 Å². The van der Waals surface area contributed by atoms with Gasteiger partial charge in [0.25, 0.3) is 10.0 Å². The minimum atomic E-state index is -3.56. The van der Waals surface area contributed by atoms with Crippen LogP contribution in [0, 0.1) is 0 Å². The van der Waals surface area contributed by atoms with Gasteiger partial charge in [0.05, 0.1) is 12.3 Å². The number of nitrogens with zero attached hydrogens (tertiary/aromatic N) is 5. The van der Waals surface area contributed by atoms with E-state index in [0.717, 1.165) is 37.2 Å². The Bertz CT molecular complexity index is 1010. The lowest BCUT2D eigenvalue weighted by Gasteiger charge is -2.29. The first-order valence-corrected chi connectivity index (χ1v) is 12.4. The third kappa shape index (κ3) is 5.16. The molecule has 0 bridgehead atoms. The van der Waals surface area contributed by atoms with E-state index in [2.05, 4.69) is 20.9 Å². The van der Waals surface area contributed by atoms with E-state index in [-0.39, 0.29) is 5.03 Å². The maximum absolute atomic E-state index is 12.4. The van der Waals surface area contributed by atoms with E-state index in [1.807, 2.05) is 12.1 Å². The molecule has 4 rings (SSSR count). The van der Waals surface area contributed by atoms with Gasteiger partial charge in [-0.15, -0.1) is 0 Å². The van der Waals surface area contributed by atoms with E-state index in [0.29, 0.717) is 24.8 Å². The van der Waals surface area contributed by atoms with E-state index >= 15 is 0 Å². The van der Waals surface area contributed by atoms with Gasteiger partial charge >= 0.3 is 0 Å². The molecule has 0 radical (unpaired) electrons. The lowest BCUT2D eigenvalue weighted by atomic mass is 10.1. The minimum Gasteiger partial charge on any atom is -0.478 e. The number of hydrogen-bond donors (Lipinski definition) is 0. The largest absolute Gasteiger partial charge is 0.478 e. The van der Waals surface area contributed by atoms with E-state index in [9.17, 15) is 8.42 Å². The second-order valence-electron chi connectivity index (χ2n) is 8.30. The van der Waals surface area contributed by atoms with Crippen molar-refractivity contribution >= 4 is 15.8 Å². The highest BCUT2D eigenvalue weighted by Crippen LogP contribution is 2.25. The number of fused-ring (bicyclic) bond motifs is 1. The molecule has 9 heteroatoms. The summed E-state index contributed by atoms with van der Waals surface area (Å²) >= 11 is 0. The summed E-state index contributed by atoms with van der Waals surface area (Å²) in [5.74, 6) is 1.35. The molecule has 0 N–H and O–H groups in total. The minimum absolute atomic E-state index is 0.0663. The topological polar surface area (TPSA) is 78.9 Å². The molecule has 31 heavy (non-hydrogen) atoms. The fraction of sp³-hybridized carbons (Fsp3) is 0.545. The van der Waals surface area contributed by atoms with Crippen LogP contribution in [-0.4, -0.2) is 74.5 Å². The quantitative estimate of drug-likeness (QED) is 0.576.